The van der Waals surface area contributed by atoms with E-state index in [1.165, 1.54) is 22.1 Å². The molecule has 2 N–H and O–H groups in total. The van der Waals surface area contributed by atoms with Crippen LogP contribution in [0.5, 0.6) is 0 Å². The van der Waals surface area contributed by atoms with Gasteiger partial charge in [0.15, 0.2) is 0 Å². The SMILES string of the molecule is CCOC(=O)[C@@]12CC1C=CCCCCC[C@H](NC(=O)OC(C)(C)C)C(=O)N1C[C@H](n3ncc(-n4ccnc4)c(-n4ccnc4)c3=O)C[C@H]1C(=O)N2. The Morgan fingerprint density at radius 3 is 2.49 bits per heavy atom. The van der Waals surface area contributed by atoms with Crippen LogP contribution < -0.4 is 16.2 Å². The average molecular weight is 704 g/mol. The Morgan fingerprint density at radius 2 is 1.80 bits per heavy atom. The Morgan fingerprint density at radius 1 is 1.06 bits per heavy atom. The smallest absolute Gasteiger partial charge is 0.408 e. The summed E-state index contributed by atoms with van der Waals surface area (Å²) in [6, 6.07) is -2.83. The lowest BCUT2D eigenvalue weighted by molar-refractivity contribution is -0.150. The molecule has 0 aromatic carbocycles. The van der Waals surface area contributed by atoms with Gasteiger partial charge in [0.2, 0.25) is 11.8 Å². The number of ether oxygens (including phenoxy) is 2. The molecule has 1 unspecified atom stereocenters. The van der Waals surface area contributed by atoms with E-state index in [1.807, 2.05) is 12.2 Å². The van der Waals surface area contributed by atoms with E-state index >= 15 is 0 Å². The number of imidazole rings is 2. The first-order valence-corrected chi connectivity index (χ1v) is 17.5. The van der Waals surface area contributed by atoms with E-state index in [0.29, 0.717) is 24.9 Å². The highest BCUT2D eigenvalue weighted by molar-refractivity contribution is 5.96. The third-order valence-electron chi connectivity index (χ3n) is 9.44. The van der Waals surface area contributed by atoms with Crippen molar-refractivity contribution < 1.29 is 28.7 Å². The lowest BCUT2D eigenvalue weighted by atomic mass is 10.0. The Labute approximate surface area is 295 Å². The molecule has 2 fully saturated rings. The summed E-state index contributed by atoms with van der Waals surface area (Å²) in [7, 11) is 0. The maximum absolute atomic E-state index is 14.5. The molecule has 16 nitrogen and oxygen atoms in total. The molecule has 6 rings (SSSR count). The molecule has 16 heteroatoms. The number of carbonyl (C=O) groups is 4. The number of amides is 3. The molecule has 1 aliphatic carbocycles. The molecule has 3 aromatic heterocycles. The summed E-state index contributed by atoms with van der Waals surface area (Å²) in [5.74, 6) is -1.84. The number of carbonyl (C=O) groups excluding carboxylic acids is 4. The van der Waals surface area contributed by atoms with Crippen LogP contribution >= 0.6 is 0 Å². The van der Waals surface area contributed by atoms with Gasteiger partial charge >= 0.3 is 12.1 Å². The van der Waals surface area contributed by atoms with Gasteiger partial charge in [-0.3, -0.25) is 19.0 Å². The number of nitrogens with one attached hydrogen (secondary N) is 2. The van der Waals surface area contributed by atoms with Crippen LogP contribution in [0.2, 0.25) is 0 Å². The second-order valence-electron chi connectivity index (χ2n) is 14.2. The molecule has 5 heterocycles. The van der Waals surface area contributed by atoms with Crippen molar-refractivity contribution in [2.45, 2.75) is 102 Å². The Kier molecular flexibility index (Phi) is 10.1. The Balaban J connectivity index is 1.38. The van der Waals surface area contributed by atoms with Gasteiger partial charge in [-0.2, -0.15) is 5.10 Å². The fourth-order valence-corrected chi connectivity index (χ4v) is 6.88. The normalized spacial score (nSPS) is 25.5. The van der Waals surface area contributed by atoms with Crippen LogP contribution in [0.1, 0.15) is 78.7 Å². The van der Waals surface area contributed by atoms with E-state index in [4.69, 9.17) is 9.47 Å². The van der Waals surface area contributed by atoms with E-state index < -0.39 is 58.7 Å². The van der Waals surface area contributed by atoms with Crippen molar-refractivity contribution in [1.82, 2.24) is 44.4 Å². The van der Waals surface area contributed by atoms with Crippen LogP contribution in [-0.2, 0) is 23.9 Å². The first-order valence-electron chi connectivity index (χ1n) is 17.5. The molecule has 3 aliphatic rings. The Hall–Kier alpha value is -5.28. The minimum absolute atomic E-state index is 0.0246. The first-order chi connectivity index (χ1) is 24.4. The molecular weight excluding hydrogens is 658 g/mol. The van der Waals surface area contributed by atoms with Gasteiger partial charge in [-0.15, -0.1) is 0 Å². The van der Waals surface area contributed by atoms with Gasteiger partial charge in [0, 0.05) is 43.7 Å². The van der Waals surface area contributed by atoms with Crippen LogP contribution in [0.15, 0.2) is 60.6 Å². The van der Waals surface area contributed by atoms with Gasteiger partial charge in [-0.25, -0.2) is 24.2 Å². The van der Waals surface area contributed by atoms with E-state index in [2.05, 4.69) is 25.7 Å². The van der Waals surface area contributed by atoms with Crippen molar-refractivity contribution in [2.75, 3.05) is 13.2 Å². The molecule has 51 heavy (non-hydrogen) atoms. The largest absolute Gasteiger partial charge is 0.464 e. The number of aromatic nitrogens is 6. The summed E-state index contributed by atoms with van der Waals surface area (Å²) in [4.78, 5) is 78.9. The highest BCUT2D eigenvalue weighted by Crippen LogP contribution is 2.46. The zero-order valence-electron chi connectivity index (χ0n) is 29.4. The standard InChI is InChI=1S/C35H45N9O7/c1-5-50-32(48)35-18-23(35)11-9-7-6-8-10-12-25(39-33(49)51-34(2,3)4)30(46)43-20-24(17-26(43)29(45)40-35)44-31(47)28(42-16-14-37-22-42)27(19-38-44)41-15-13-36-21-41/h9,11,13-16,19,21-26H,5-8,10,12,17-18,20H2,1-4H3,(H,39,49)(H,40,45)/t23?,24-,25+,26+,35-/m1/s1. The van der Waals surface area contributed by atoms with Crippen LogP contribution in [0.4, 0.5) is 4.79 Å². The zero-order chi connectivity index (χ0) is 36.3. The van der Waals surface area contributed by atoms with E-state index in [0.717, 1.165) is 19.3 Å². The molecule has 3 amide bonds. The van der Waals surface area contributed by atoms with Gasteiger partial charge in [-0.05, 0) is 53.4 Å². The number of nitrogens with zero attached hydrogens (tertiary/aromatic N) is 7. The maximum atomic E-state index is 14.5. The van der Waals surface area contributed by atoms with Crippen molar-refractivity contribution in [3.8, 4) is 11.4 Å². The van der Waals surface area contributed by atoms with Crippen molar-refractivity contribution in [3.63, 3.8) is 0 Å². The summed E-state index contributed by atoms with van der Waals surface area (Å²) in [5.41, 5.74) is -1.83. The number of alkyl carbamates (subject to hydrolysis) is 1. The second kappa shape index (κ2) is 14.5. The predicted molar refractivity (Wildman–Crippen MR) is 183 cm³/mol. The fourth-order valence-electron chi connectivity index (χ4n) is 6.88. The number of fused-ring (bicyclic) bond motifs is 2. The van der Waals surface area contributed by atoms with Crippen molar-refractivity contribution in [2.24, 2.45) is 5.92 Å². The molecule has 272 valence electrons. The van der Waals surface area contributed by atoms with Crippen molar-refractivity contribution in [3.05, 3.63) is 66.1 Å². The van der Waals surface area contributed by atoms with E-state index in [1.54, 1.807) is 67.9 Å². The second-order valence-corrected chi connectivity index (χ2v) is 14.2. The van der Waals surface area contributed by atoms with Gasteiger partial charge in [-0.1, -0.05) is 25.0 Å². The van der Waals surface area contributed by atoms with E-state index in [9.17, 15) is 24.0 Å². The average Bonchev–Trinajstić information content (AvgIpc) is 3.60. The monoisotopic (exact) mass is 703 g/mol. The highest BCUT2D eigenvalue weighted by atomic mass is 16.6. The number of hydrogen-bond acceptors (Lipinski definition) is 10. The summed E-state index contributed by atoms with van der Waals surface area (Å²) in [6.07, 6.45) is 18.0. The number of allylic oxidation sites excluding steroid dienone is 1. The lowest BCUT2D eigenvalue weighted by Gasteiger charge is -2.30. The third-order valence-corrected chi connectivity index (χ3v) is 9.44. The van der Waals surface area contributed by atoms with Gasteiger partial charge in [0.1, 0.15) is 28.9 Å². The van der Waals surface area contributed by atoms with Crippen LogP contribution in [0.25, 0.3) is 11.4 Å². The summed E-state index contributed by atoms with van der Waals surface area (Å²) >= 11 is 0. The highest BCUT2D eigenvalue weighted by Gasteiger charge is 2.62. The van der Waals surface area contributed by atoms with Crippen molar-refractivity contribution >= 4 is 23.9 Å². The van der Waals surface area contributed by atoms with Crippen molar-refractivity contribution in [1.29, 1.82) is 0 Å². The first kappa shape index (κ1) is 35.5. The number of rotatable bonds is 6. The van der Waals surface area contributed by atoms with Crippen LogP contribution in [0.3, 0.4) is 0 Å². The summed E-state index contributed by atoms with van der Waals surface area (Å²) < 4.78 is 15.4. The molecule has 0 bridgehead atoms. The van der Waals surface area contributed by atoms with Crippen LogP contribution in [0, 0.1) is 5.92 Å². The van der Waals surface area contributed by atoms with Gasteiger partial charge < -0.3 is 29.6 Å². The molecule has 5 atom stereocenters. The zero-order valence-corrected chi connectivity index (χ0v) is 29.4. The topological polar surface area (TPSA) is 185 Å². The summed E-state index contributed by atoms with van der Waals surface area (Å²) in [5, 5.41) is 10.2. The lowest BCUT2D eigenvalue weighted by Crippen LogP contribution is -2.56. The Bertz CT molecular complexity index is 1830. The molecule has 0 radical (unpaired) electrons. The van der Waals surface area contributed by atoms with Crippen LogP contribution in [-0.4, -0.2) is 94.0 Å². The summed E-state index contributed by atoms with van der Waals surface area (Å²) in [6.45, 7) is 6.99. The van der Waals surface area contributed by atoms with E-state index in [-0.39, 0.29) is 31.2 Å². The number of hydrogen-bond donors (Lipinski definition) is 2. The molecule has 2 aliphatic heterocycles. The molecule has 1 saturated carbocycles. The minimum atomic E-state index is -1.26. The van der Waals surface area contributed by atoms with Gasteiger partial charge in [0.25, 0.3) is 5.56 Å². The molecule has 1 saturated heterocycles. The fraction of sp³-hybridized carbons (Fsp3) is 0.543. The molecule has 0 spiro atoms. The van der Waals surface area contributed by atoms with Gasteiger partial charge in [0.05, 0.1) is 37.2 Å². The molecular formula is C35H45N9O7. The third kappa shape index (κ3) is 7.59. The molecule has 3 aromatic rings. The minimum Gasteiger partial charge on any atom is -0.464 e. The predicted octanol–water partition coefficient (Wildman–Crippen LogP) is 2.61. The number of esters is 1. The maximum Gasteiger partial charge on any atom is 0.408 e. The quantitative estimate of drug-likeness (QED) is 0.286.